The molecule has 2 atom stereocenters. The standard InChI is InChI=1S/C24H31F3N6O3/c1-15-2-3-17(30-23(35)33-7-4-16(14-33)12-24(25,26)27)10-18(15)19-11-20(21-13-28-6-9-36-21)32-22(31-19)29-5-8-34/h2-3,10-11,16,21,28,34H,4-9,12-14H2,1H3,(H,30,35)(H,29,31,32)/t16-,21?/m0/s1. The Morgan fingerprint density at radius 3 is 2.86 bits per heavy atom. The summed E-state index contributed by atoms with van der Waals surface area (Å²) in [6.45, 7) is 4.42. The van der Waals surface area contributed by atoms with Crippen molar-refractivity contribution in [2.75, 3.05) is 56.6 Å². The molecule has 1 unspecified atom stereocenters. The van der Waals surface area contributed by atoms with Crippen molar-refractivity contribution in [3.8, 4) is 11.3 Å². The zero-order chi connectivity index (χ0) is 25.7. The van der Waals surface area contributed by atoms with E-state index in [0.29, 0.717) is 42.6 Å². The monoisotopic (exact) mass is 508 g/mol. The van der Waals surface area contributed by atoms with Gasteiger partial charge in [-0.25, -0.2) is 14.8 Å². The Kier molecular flexibility index (Phi) is 8.27. The number of aryl methyl sites for hydroxylation is 1. The van der Waals surface area contributed by atoms with Crippen LogP contribution in [-0.4, -0.2) is 78.1 Å². The average Bonchev–Trinajstić information content (AvgIpc) is 3.31. The predicted molar refractivity (Wildman–Crippen MR) is 129 cm³/mol. The molecule has 2 aliphatic rings. The third-order valence-electron chi connectivity index (χ3n) is 6.26. The second-order valence-electron chi connectivity index (χ2n) is 9.10. The van der Waals surface area contributed by atoms with E-state index in [0.717, 1.165) is 17.7 Å². The van der Waals surface area contributed by atoms with Gasteiger partial charge in [0.2, 0.25) is 5.95 Å². The van der Waals surface area contributed by atoms with Gasteiger partial charge in [0, 0.05) is 50.4 Å². The van der Waals surface area contributed by atoms with Crippen LogP contribution >= 0.6 is 0 Å². The summed E-state index contributed by atoms with van der Waals surface area (Å²) in [5.74, 6) is -0.225. The number of nitrogens with zero attached hydrogens (tertiary/aromatic N) is 3. The molecule has 0 radical (unpaired) electrons. The van der Waals surface area contributed by atoms with Gasteiger partial charge in [0.15, 0.2) is 0 Å². The number of urea groups is 1. The molecule has 2 aromatic rings. The van der Waals surface area contributed by atoms with Crippen LogP contribution in [0.1, 0.15) is 30.2 Å². The van der Waals surface area contributed by atoms with E-state index >= 15 is 0 Å². The Bertz CT molecular complexity index is 1060. The average molecular weight is 509 g/mol. The van der Waals surface area contributed by atoms with E-state index in [9.17, 15) is 23.1 Å². The zero-order valence-corrected chi connectivity index (χ0v) is 20.1. The number of carbonyl (C=O) groups excluding carboxylic acids is 1. The third kappa shape index (κ3) is 6.83. The van der Waals surface area contributed by atoms with Crippen LogP contribution in [0.4, 0.5) is 29.6 Å². The Morgan fingerprint density at radius 2 is 2.14 bits per heavy atom. The largest absolute Gasteiger partial charge is 0.395 e. The molecule has 12 heteroatoms. The summed E-state index contributed by atoms with van der Waals surface area (Å²) < 4.78 is 44.0. The van der Waals surface area contributed by atoms with Crippen LogP contribution in [0.25, 0.3) is 11.3 Å². The SMILES string of the molecule is Cc1ccc(NC(=O)N2CC[C@@H](CC(F)(F)F)C2)cc1-c1cc(C2CNCCO2)nc(NCCO)n1. The number of benzene rings is 1. The van der Waals surface area contributed by atoms with Crippen LogP contribution in [0.5, 0.6) is 0 Å². The van der Waals surface area contributed by atoms with Gasteiger partial charge in [-0.15, -0.1) is 0 Å². The Labute approximate surface area is 207 Å². The van der Waals surface area contributed by atoms with Gasteiger partial charge in [-0.05, 0) is 43.0 Å². The number of halogens is 3. The highest BCUT2D eigenvalue weighted by atomic mass is 19.4. The first-order valence-corrected chi connectivity index (χ1v) is 12.0. The molecule has 0 saturated carbocycles. The topological polar surface area (TPSA) is 112 Å². The van der Waals surface area contributed by atoms with Crippen LogP contribution in [0.2, 0.25) is 0 Å². The second kappa shape index (κ2) is 11.4. The van der Waals surface area contributed by atoms with Gasteiger partial charge in [-0.3, -0.25) is 0 Å². The minimum atomic E-state index is -4.23. The maximum Gasteiger partial charge on any atom is 0.389 e. The maximum absolute atomic E-state index is 12.7. The normalized spacial score (nSPS) is 20.4. The van der Waals surface area contributed by atoms with Crippen LogP contribution in [0, 0.1) is 12.8 Å². The van der Waals surface area contributed by atoms with E-state index in [1.807, 2.05) is 19.1 Å². The molecule has 2 fully saturated rings. The van der Waals surface area contributed by atoms with Gasteiger partial charge in [-0.1, -0.05) is 6.07 Å². The lowest BCUT2D eigenvalue weighted by Gasteiger charge is -2.24. The fourth-order valence-electron chi connectivity index (χ4n) is 4.46. The maximum atomic E-state index is 12.7. The molecule has 1 aromatic carbocycles. The molecular formula is C24H31F3N6O3. The van der Waals surface area contributed by atoms with E-state index < -0.39 is 24.5 Å². The summed E-state index contributed by atoms with van der Waals surface area (Å²) in [5, 5.41) is 18.3. The molecule has 1 aromatic heterocycles. The van der Waals surface area contributed by atoms with Crippen LogP contribution in [0.15, 0.2) is 24.3 Å². The molecule has 4 N–H and O–H groups in total. The minimum Gasteiger partial charge on any atom is -0.395 e. The molecule has 0 aliphatic carbocycles. The van der Waals surface area contributed by atoms with E-state index in [1.54, 1.807) is 12.1 Å². The Hall–Kier alpha value is -2.96. The first-order valence-electron chi connectivity index (χ1n) is 12.0. The second-order valence-corrected chi connectivity index (χ2v) is 9.10. The summed E-state index contributed by atoms with van der Waals surface area (Å²) in [5.41, 5.74) is 3.51. The molecule has 2 amide bonds. The number of ether oxygens (including phenoxy) is 1. The molecule has 0 bridgehead atoms. The number of amides is 2. The smallest absolute Gasteiger partial charge is 0.389 e. The van der Waals surface area contributed by atoms with Gasteiger partial charge in [-0.2, -0.15) is 13.2 Å². The highest BCUT2D eigenvalue weighted by Crippen LogP contribution is 2.32. The number of alkyl halides is 3. The summed E-state index contributed by atoms with van der Waals surface area (Å²) in [6, 6.07) is 6.81. The number of aliphatic hydroxyl groups is 1. The molecule has 2 saturated heterocycles. The van der Waals surface area contributed by atoms with Crippen molar-refractivity contribution in [1.29, 1.82) is 0 Å². The van der Waals surface area contributed by atoms with E-state index in [4.69, 9.17) is 4.74 Å². The summed E-state index contributed by atoms with van der Waals surface area (Å²) in [7, 11) is 0. The van der Waals surface area contributed by atoms with Crippen LogP contribution < -0.4 is 16.0 Å². The number of hydrogen-bond acceptors (Lipinski definition) is 7. The number of morpholine rings is 1. The van der Waals surface area contributed by atoms with Gasteiger partial charge in [0.1, 0.15) is 6.10 Å². The first-order chi connectivity index (χ1) is 17.2. The van der Waals surface area contributed by atoms with Crippen LogP contribution in [0.3, 0.4) is 0 Å². The van der Waals surface area contributed by atoms with E-state index in [2.05, 4.69) is 25.9 Å². The number of carbonyl (C=O) groups is 1. The van der Waals surface area contributed by atoms with Crippen molar-refractivity contribution in [3.05, 3.63) is 35.5 Å². The number of aliphatic hydroxyl groups excluding tert-OH is 1. The lowest BCUT2D eigenvalue weighted by molar-refractivity contribution is -0.143. The van der Waals surface area contributed by atoms with Crippen molar-refractivity contribution in [1.82, 2.24) is 20.2 Å². The molecular weight excluding hydrogens is 477 g/mol. The predicted octanol–water partition coefficient (Wildman–Crippen LogP) is 3.32. The van der Waals surface area contributed by atoms with E-state index in [1.165, 1.54) is 4.90 Å². The third-order valence-corrected chi connectivity index (χ3v) is 6.26. The fraction of sp³-hybridized carbons (Fsp3) is 0.542. The highest BCUT2D eigenvalue weighted by molar-refractivity contribution is 5.90. The van der Waals surface area contributed by atoms with Crippen molar-refractivity contribution >= 4 is 17.7 Å². The number of likely N-dealkylation sites (tertiary alicyclic amines) is 1. The molecule has 0 spiro atoms. The molecule has 9 nitrogen and oxygen atoms in total. The lowest BCUT2D eigenvalue weighted by Crippen LogP contribution is -2.34. The minimum absolute atomic E-state index is 0.0780. The molecule has 3 heterocycles. The number of hydrogen-bond donors (Lipinski definition) is 4. The summed E-state index contributed by atoms with van der Waals surface area (Å²) in [6.07, 6.45) is -5.03. The molecule has 196 valence electrons. The molecule has 36 heavy (non-hydrogen) atoms. The van der Waals surface area contributed by atoms with Gasteiger partial charge in [0.25, 0.3) is 0 Å². The summed E-state index contributed by atoms with van der Waals surface area (Å²) >= 11 is 0. The Balaban J connectivity index is 1.53. The summed E-state index contributed by atoms with van der Waals surface area (Å²) in [4.78, 5) is 23.3. The number of rotatable bonds is 7. The fourth-order valence-corrected chi connectivity index (χ4v) is 4.46. The number of aromatic nitrogens is 2. The van der Waals surface area contributed by atoms with Gasteiger partial charge >= 0.3 is 12.2 Å². The van der Waals surface area contributed by atoms with Crippen molar-refractivity contribution in [2.45, 2.75) is 32.0 Å². The van der Waals surface area contributed by atoms with Gasteiger partial charge < -0.3 is 30.7 Å². The van der Waals surface area contributed by atoms with Crippen LogP contribution in [-0.2, 0) is 4.74 Å². The number of anilines is 2. The van der Waals surface area contributed by atoms with Crippen molar-refractivity contribution < 1.29 is 27.8 Å². The quantitative estimate of drug-likeness (QED) is 0.454. The number of nitrogens with one attached hydrogen (secondary N) is 3. The first kappa shape index (κ1) is 26.1. The molecule has 4 rings (SSSR count). The highest BCUT2D eigenvalue weighted by Gasteiger charge is 2.36. The Morgan fingerprint density at radius 1 is 1.31 bits per heavy atom. The zero-order valence-electron chi connectivity index (χ0n) is 20.1. The van der Waals surface area contributed by atoms with Crippen molar-refractivity contribution in [2.24, 2.45) is 5.92 Å². The van der Waals surface area contributed by atoms with Gasteiger partial charge in [0.05, 0.1) is 24.6 Å². The van der Waals surface area contributed by atoms with Crippen molar-refractivity contribution in [3.63, 3.8) is 0 Å². The lowest BCUT2D eigenvalue weighted by atomic mass is 10.0. The molecule has 2 aliphatic heterocycles. The van der Waals surface area contributed by atoms with E-state index in [-0.39, 0.29) is 32.3 Å².